The summed E-state index contributed by atoms with van der Waals surface area (Å²) in [6.07, 6.45) is 2.90. The first-order valence-corrected chi connectivity index (χ1v) is 7.18. The van der Waals surface area contributed by atoms with E-state index in [1.807, 2.05) is 24.3 Å². The van der Waals surface area contributed by atoms with E-state index >= 15 is 0 Å². The number of carbonyl (C=O) groups excluding carboxylic acids is 1. The zero-order valence-corrected chi connectivity index (χ0v) is 11.7. The van der Waals surface area contributed by atoms with Gasteiger partial charge in [0.2, 0.25) is 0 Å². The predicted octanol–water partition coefficient (Wildman–Crippen LogP) is 4.21. The summed E-state index contributed by atoms with van der Waals surface area (Å²) in [6, 6.07) is 14.3. The molecule has 1 aliphatic carbocycles. The molecule has 0 radical (unpaired) electrons. The van der Waals surface area contributed by atoms with Gasteiger partial charge in [0.05, 0.1) is 12.2 Å². The van der Waals surface area contributed by atoms with Crippen LogP contribution in [-0.2, 0) is 11.2 Å². The minimum Gasteiger partial charge on any atom is -0.462 e. The molecule has 0 heterocycles. The Labute approximate surface area is 119 Å². The van der Waals surface area contributed by atoms with Crippen molar-refractivity contribution in [3.8, 4) is 11.1 Å². The number of hydrogen-bond acceptors (Lipinski definition) is 2. The van der Waals surface area contributed by atoms with Gasteiger partial charge in [0, 0.05) is 0 Å². The van der Waals surface area contributed by atoms with Crippen molar-refractivity contribution in [1.29, 1.82) is 0 Å². The molecule has 20 heavy (non-hydrogen) atoms. The van der Waals surface area contributed by atoms with Crippen LogP contribution in [-0.4, -0.2) is 12.6 Å². The van der Waals surface area contributed by atoms with Gasteiger partial charge >= 0.3 is 5.97 Å². The molecule has 1 aliphatic rings. The highest BCUT2D eigenvalue weighted by Gasteiger charge is 2.19. The van der Waals surface area contributed by atoms with Crippen LogP contribution in [0.5, 0.6) is 0 Å². The van der Waals surface area contributed by atoms with Gasteiger partial charge in [-0.15, -0.1) is 0 Å². The number of hydrogen-bond donors (Lipinski definition) is 0. The van der Waals surface area contributed by atoms with Gasteiger partial charge in [0.25, 0.3) is 0 Å². The molecular formula is C18H18O2. The molecule has 0 unspecified atom stereocenters. The minimum absolute atomic E-state index is 0.217. The molecule has 0 atom stereocenters. The van der Waals surface area contributed by atoms with Crippen LogP contribution < -0.4 is 0 Å². The Morgan fingerprint density at radius 2 is 1.90 bits per heavy atom. The summed E-state index contributed by atoms with van der Waals surface area (Å²) >= 11 is 0. The quantitative estimate of drug-likeness (QED) is 0.522. The normalized spacial score (nSPS) is 11.8. The Morgan fingerprint density at radius 3 is 2.75 bits per heavy atom. The van der Waals surface area contributed by atoms with Crippen LogP contribution >= 0.6 is 0 Å². The fourth-order valence-corrected chi connectivity index (χ4v) is 2.64. The van der Waals surface area contributed by atoms with Gasteiger partial charge in [-0.3, -0.25) is 0 Å². The van der Waals surface area contributed by atoms with E-state index in [2.05, 4.69) is 25.1 Å². The maximum atomic E-state index is 12.0. The van der Waals surface area contributed by atoms with E-state index in [0.717, 1.165) is 19.3 Å². The molecule has 3 rings (SSSR count). The lowest BCUT2D eigenvalue weighted by atomic mass is 10.0. The summed E-state index contributed by atoms with van der Waals surface area (Å²) in [7, 11) is 0. The summed E-state index contributed by atoms with van der Waals surface area (Å²) in [6.45, 7) is 2.59. The minimum atomic E-state index is -0.217. The van der Waals surface area contributed by atoms with Gasteiger partial charge in [-0.05, 0) is 47.2 Å². The third-order valence-electron chi connectivity index (χ3n) is 3.77. The number of esters is 1. The van der Waals surface area contributed by atoms with Gasteiger partial charge in [0.15, 0.2) is 0 Å². The third-order valence-corrected chi connectivity index (χ3v) is 3.77. The first kappa shape index (κ1) is 12.9. The average molecular weight is 266 g/mol. The number of carbonyl (C=O) groups is 1. The van der Waals surface area contributed by atoms with Crippen molar-refractivity contribution in [1.82, 2.24) is 0 Å². The fourth-order valence-electron chi connectivity index (χ4n) is 2.64. The monoisotopic (exact) mass is 266 g/mol. The van der Waals surface area contributed by atoms with Crippen LogP contribution in [0.4, 0.5) is 0 Å². The molecule has 0 aliphatic heterocycles. The zero-order valence-electron chi connectivity index (χ0n) is 11.7. The molecule has 2 aromatic rings. The summed E-state index contributed by atoms with van der Waals surface area (Å²) in [5, 5.41) is 0. The van der Waals surface area contributed by atoms with Crippen LogP contribution in [0.15, 0.2) is 42.5 Å². The van der Waals surface area contributed by atoms with Gasteiger partial charge in [-0.25, -0.2) is 4.79 Å². The molecule has 2 heteroatoms. The smallest absolute Gasteiger partial charge is 0.338 e. The number of fused-ring (bicyclic) bond motifs is 3. The number of unbranched alkanes of at least 4 members (excludes halogenated alkanes) is 1. The first-order valence-electron chi connectivity index (χ1n) is 7.18. The lowest BCUT2D eigenvalue weighted by Crippen LogP contribution is -2.06. The van der Waals surface area contributed by atoms with Crippen molar-refractivity contribution >= 4 is 5.97 Å². The summed E-state index contributed by atoms with van der Waals surface area (Å²) < 4.78 is 5.28. The maximum absolute atomic E-state index is 12.0. The highest BCUT2D eigenvalue weighted by Crippen LogP contribution is 2.36. The van der Waals surface area contributed by atoms with E-state index < -0.39 is 0 Å². The Bertz CT molecular complexity index is 644. The molecule has 0 N–H and O–H groups in total. The van der Waals surface area contributed by atoms with E-state index in [1.54, 1.807) is 0 Å². The summed E-state index contributed by atoms with van der Waals surface area (Å²) in [5.41, 5.74) is 5.68. The van der Waals surface area contributed by atoms with Crippen LogP contribution in [0.3, 0.4) is 0 Å². The molecule has 2 aromatic carbocycles. The van der Waals surface area contributed by atoms with Crippen LogP contribution in [0.1, 0.15) is 41.3 Å². The lowest BCUT2D eigenvalue weighted by molar-refractivity contribution is 0.0500. The highest BCUT2D eigenvalue weighted by molar-refractivity contribution is 5.92. The third kappa shape index (κ3) is 2.34. The van der Waals surface area contributed by atoms with E-state index in [1.165, 1.54) is 22.3 Å². The largest absolute Gasteiger partial charge is 0.462 e. The van der Waals surface area contributed by atoms with Crippen LogP contribution in [0, 0.1) is 0 Å². The Morgan fingerprint density at radius 1 is 1.10 bits per heavy atom. The molecule has 0 spiro atoms. The van der Waals surface area contributed by atoms with Crippen molar-refractivity contribution in [3.63, 3.8) is 0 Å². The SMILES string of the molecule is CCCCOC(=O)c1ccc2c(c1)-c1ccccc1C2. The second kappa shape index (κ2) is 5.49. The van der Waals surface area contributed by atoms with Gasteiger partial charge in [0.1, 0.15) is 0 Å². The standard InChI is InChI=1S/C18H18O2/c1-2-3-10-20-18(19)15-9-8-14-11-13-6-4-5-7-16(13)17(14)12-15/h4-9,12H,2-3,10-11H2,1H3. The van der Waals surface area contributed by atoms with Crippen molar-refractivity contribution < 1.29 is 9.53 Å². The molecule has 0 saturated carbocycles. The molecule has 0 aromatic heterocycles. The number of benzene rings is 2. The van der Waals surface area contributed by atoms with Gasteiger partial charge in [-0.1, -0.05) is 43.7 Å². The molecule has 0 amide bonds. The highest BCUT2D eigenvalue weighted by atomic mass is 16.5. The van der Waals surface area contributed by atoms with Crippen molar-refractivity contribution in [2.24, 2.45) is 0 Å². The molecule has 102 valence electrons. The molecule has 0 bridgehead atoms. The predicted molar refractivity (Wildman–Crippen MR) is 79.9 cm³/mol. The van der Waals surface area contributed by atoms with Gasteiger partial charge in [-0.2, -0.15) is 0 Å². The van der Waals surface area contributed by atoms with Gasteiger partial charge < -0.3 is 4.74 Å². The van der Waals surface area contributed by atoms with E-state index in [-0.39, 0.29) is 5.97 Å². The van der Waals surface area contributed by atoms with Crippen molar-refractivity contribution in [2.75, 3.05) is 6.61 Å². The zero-order chi connectivity index (χ0) is 13.9. The number of rotatable bonds is 4. The molecule has 0 fully saturated rings. The van der Waals surface area contributed by atoms with Crippen molar-refractivity contribution in [3.05, 3.63) is 59.2 Å². The Balaban J connectivity index is 1.86. The van der Waals surface area contributed by atoms with Crippen LogP contribution in [0.2, 0.25) is 0 Å². The average Bonchev–Trinajstić information content (AvgIpc) is 2.85. The summed E-state index contributed by atoms with van der Waals surface area (Å²) in [5.74, 6) is -0.217. The molecular weight excluding hydrogens is 248 g/mol. The number of ether oxygens (including phenoxy) is 1. The van der Waals surface area contributed by atoms with Crippen molar-refractivity contribution in [2.45, 2.75) is 26.2 Å². The van der Waals surface area contributed by atoms with Crippen LogP contribution in [0.25, 0.3) is 11.1 Å². The summed E-state index contributed by atoms with van der Waals surface area (Å²) in [4.78, 5) is 12.0. The second-order valence-electron chi connectivity index (χ2n) is 5.20. The molecule has 0 saturated heterocycles. The fraction of sp³-hybridized carbons (Fsp3) is 0.278. The topological polar surface area (TPSA) is 26.3 Å². The van der Waals surface area contributed by atoms with E-state index in [9.17, 15) is 4.79 Å². The first-order chi connectivity index (χ1) is 9.79. The van der Waals surface area contributed by atoms with E-state index in [0.29, 0.717) is 12.2 Å². The molecule has 2 nitrogen and oxygen atoms in total. The Hall–Kier alpha value is -2.09. The lowest BCUT2D eigenvalue weighted by Gasteiger charge is -2.06. The Kier molecular flexibility index (Phi) is 3.55. The maximum Gasteiger partial charge on any atom is 0.338 e. The van der Waals surface area contributed by atoms with E-state index in [4.69, 9.17) is 4.74 Å². The second-order valence-corrected chi connectivity index (χ2v) is 5.20.